The number of aliphatic hydroxyl groups excluding tert-OH is 1. The first-order valence-electron chi connectivity index (χ1n) is 7.36. The van der Waals surface area contributed by atoms with E-state index in [1.165, 1.54) is 18.2 Å². The number of aromatic nitrogens is 1. The Hall–Kier alpha value is -2.91. The van der Waals surface area contributed by atoms with E-state index in [1.54, 1.807) is 0 Å². The van der Waals surface area contributed by atoms with Crippen LogP contribution >= 0.6 is 0 Å². The van der Waals surface area contributed by atoms with Crippen molar-refractivity contribution in [3.05, 3.63) is 64.1 Å². The molecule has 0 bridgehead atoms. The zero-order chi connectivity index (χ0) is 19.3. The van der Waals surface area contributed by atoms with Crippen molar-refractivity contribution in [3.8, 4) is 5.69 Å². The summed E-state index contributed by atoms with van der Waals surface area (Å²) in [4.78, 5) is 6.31. The number of hydrogen-bond acceptors (Lipinski definition) is 1. The second-order valence-electron chi connectivity index (χ2n) is 5.83. The van der Waals surface area contributed by atoms with Gasteiger partial charge >= 0.3 is 6.18 Å². The minimum Gasteiger partial charge on any atom is -0.382 e. The average Bonchev–Trinajstić information content (AvgIpc) is 2.98. The topological polar surface area (TPSA) is 33.9 Å². The lowest BCUT2D eigenvalue weighted by Crippen LogP contribution is -2.33. The fraction of sp³-hybridized carbons (Fsp3) is 0.294. The molecule has 0 spiro atoms. The van der Waals surface area contributed by atoms with Gasteiger partial charge in [0.25, 0.3) is 5.92 Å². The highest BCUT2D eigenvalue weighted by molar-refractivity contribution is 5.73. The molecule has 4 nitrogen and oxygen atoms in total. The van der Waals surface area contributed by atoms with Gasteiger partial charge in [0.1, 0.15) is 6.10 Å². The maximum atomic E-state index is 13.8. The highest BCUT2D eigenvalue weighted by atomic mass is 19.4. The maximum Gasteiger partial charge on any atom is 0.418 e. The van der Waals surface area contributed by atoms with Crippen LogP contribution in [0, 0.1) is 13.1 Å². The molecule has 0 saturated heterocycles. The minimum atomic E-state index is -4.93. The van der Waals surface area contributed by atoms with Gasteiger partial charge in [-0.25, -0.2) is 8.78 Å². The zero-order valence-corrected chi connectivity index (χ0v) is 13.0. The zero-order valence-electron chi connectivity index (χ0n) is 13.0. The first-order chi connectivity index (χ1) is 12.1. The molecule has 9 heteroatoms. The summed E-state index contributed by atoms with van der Waals surface area (Å²) in [5, 5.41) is 9.82. The van der Waals surface area contributed by atoms with Crippen molar-refractivity contribution in [2.24, 2.45) is 0 Å². The van der Waals surface area contributed by atoms with E-state index in [2.05, 4.69) is 9.69 Å². The lowest BCUT2D eigenvalue weighted by molar-refractivity contribution is -0.147. The molecule has 2 aromatic rings. The Morgan fingerprint density at radius 2 is 1.81 bits per heavy atom. The van der Waals surface area contributed by atoms with Crippen LogP contribution in [-0.2, 0) is 12.6 Å². The lowest BCUT2D eigenvalue weighted by Gasteiger charge is -2.29. The normalized spacial score (nSPS) is 18.7. The average molecular weight is 367 g/mol. The van der Waals surface area contributed by atoms with Gasteiger partial charge in [-0.2, -0.15) is 13.2 Å². The third kappa shape index (κ3) is 2.71. The van der Waals surface area contributed by atoms with Gasteiger partial charge in [-0.3, -0.25) is 9.69 Å². The number of nitrogens with zero attached hydrogens (tertiary/aromatic N) is 3. The van der Waals surface area contributed by atoms with E-state index in [0.29, 0.717) is 6.20 Å². The molecule has 1 aliphatic carbocycles. The number of alkyl halides is 5. The molecule has 0 fully saturated rings. The number of aliphatic hydroxyl groups is 1. The summed E-state index contributed by atoms with van der Waals surface area (Å²) >= 11 is 0. The van der Waals surface area contributed by atoms with Gasteiger partial charge in [0.2, 0.25) is 0 Å². The van der Waals surface area contributed by atoms with E-state index in [4.69, 9.17) is 13.1 Å². The molecule has 26 heavy (non-hydrogen) atoms. The summed E-state index contributed by atoms with van der Waals surface area (Å²) in [5.41, 5.74) is -2.15. The quantitative estimate of drug-likeness (QED) is 0.545. The van der Waals surface area contributed by atoms with Gasteiger partial charge < -0.3 is 9.67 Å². The molecule has 3 rings (SSSR count). The van der Waals surface area contributed by atoms with Crippen LogP contribution in [0.15, 0.2) is 24.4 Å². The molecule has 0 radical (unpaired) electrons. The third-order valence-electron chi connectivity index (χ3n) is 4.30. The molecular weight excluding hydrogens is 357 g/mol. The Bertz CT molecular complexity index is 962. The number of halogens is 5. The second kappa shape index (κ2) is 5.82. The summed E-state index contributed by atoms with van der Waals surface area (Å²) < 4.78 is 68.6. The number of hydrogen-bond donors (Lipinski definition) is 1. The predicted molar refractivity (Wildman–Crippen MR) is 81.5 cm³/mol. The highest BCUT2D eigenvalue weighted by Crippen LogP contribution is 2.48. The first-order valence-corrected chi connectivity index (χ1v) is 7.36. The van der Waals surface area contributed by atoms with Crippen LogP contribution in [0.4, 0.5) is 33.3 Å². The molecule has 1 unspecified atom stereocenters. The van der Waals surface area contributed by atoms with E-state index >= 15 is 0 Å². The van der Waals surface area contributed by atoms with Gasteiger partial charge in [0.05, 0.1) is 18.7 Å². The van der Waals surface area contributed by atoms with E-state index in [-0.39, 0.29) is 29.2 Å². The smallest absolute Gasteiger partial charge is 0.382 e. The largest absolute Gasteiger partial charge is 0.418 e. The molecule has 134 valence electrons. The molecule has 0 saturated carbocycles. The van der Waals surface area contributed by atoms with Crippen molar-refractivity contribution in [2.45, 2.75) is 31.0 Å². The molecule has 1 aromatic carbocycles. The van der Waals surface area contributed by atoms with Crippen molar-refractivity contribution >= 4 is 11.4 Å². The SMILES string of the molecule is [C-]#[N+]c1ccc(-n2cc(C(F)(F)F)c3c2CCC(F)(F)C3O)cc1[N+]#[C-]. The van der Waals surface area contributed by atoms with Crippen LogP contribution in [0.25, 0.3) is 15.4 Å². The van der Waals surface area contributed by atoms with Gasteiger partial charge in [0, 0.05) is 29.6 Å². The van der Waals surface area contributed by atoms with Crippen LogP contribution in [0.1, 0.15) is 29.3 Å². The minimum absolute atomic E-state index is 0.0346. The van der Waals surface area contributed by atoms with Crippen molar-refractivity contribution in [1.82, 2.24) is 4.57 Å². The Morgan fingerprint density at radius 3 is 2.38 bits per heavy atom. The standard InChI is InChI=1S/C17H10F5N3O/c1-23-11-4-3-9(7-12(11)24-2)25-8-10(17(20,21)22)14-13(25)5-6-16(18,19)15(14)26/h3-4,7-8,15,26H,5-6H2. The van der Waals surface area contributed by atoms with Crippen molar-refractivity contribution < 1.29 is 27.1 Å². The molecule has 0 amide bonds. The summed E-state index contributed by atoms with van der Waals surface area (Å²) in [6, 6.07) is 3.84. The fourth-order valence-electron chi connectivity index (χ4n) is 3.06. The summed E-state index contributed by atoms with van der Waals surface area (Å²) in [7, 11) is 0. The Balaban J connectivity index is 2.26. The fourth-order valence-corrected chi connectivity index (χ4v) is 3.06. The van der Waals surface area contributed by atoms with E-state index < -0.39 is 35.8 Å². The molecule has 1 N–H and O–H groups in total. The van der Waals surface area contributed by atoms with Gasteiger partial charge in [-0.15, -0.1) is 0 Å². The Morgan fingerprint density at radius 1 is 1.15 bits per heavy atom. The van der Waals surface area contributed by atoms with Gasteiger partial charge in [-0.1, -0.05) is 12.1 Å². The lowest BCUT2D eigenvalue weighted by atomic mass is 9.89. The van der Waals surface area contributed by atoms with Crippen molar-refractivity contribution in [3.63, 3.8) is 0 Å². The molecular formula is C17H10F5N3O. The third-order valence-corrected chi connectivity index (χ3v) is 4.30. The van der Waals surface area contributed by atoms with Crippen LogP contribution in [0.3, 0.4) is 0 Å². The van der Waals surface area contributed by atoms with Crippen LogP contribution < -0.4 is 0 Å². The maximum absolute atomic E-state index is 13.8. The molecule has 1 heterocycles. The van der Waals surface area contributed by atoms with Gasteiger partial charge in [0.15, 0.2) is 11.4 Å². The van der Waals surface area contributed by atoms with Crippen LogP contribution in [0.2, 0.25) is 0 Å². The monoisotopic (exact) mass is 367 g/mol. The molecule has 0 aliphatic heterocycles. The number of rotatable bonds is 1. The van der Waals surface area contributed by atoms with Crippen LogP contribution in [-0.4, -0.2) is 15.6 Å². The molecule has 1 atom stereocenters. The van der Waals surface area contributed by atoms with Gasteiger partial charge in [-0.05, 0) is 12.5 Å². The summed E-state index contributed by atoms with van der Waals surface area (Å²) in [6.45, 7) is 14.1. The number of benzene rings is 1. The first kappa shape index (κ1) is 17.9. The highest BCUT2D eigenvalue weighted by Gasteiger charge is 2.50. The molecule has 1 aliphatic rings. The van der Waals surface area contributed by atoms with Crippen molar-refractivity contribution in [1.29, 1.82) is 0 Å². The predicted octanol–water partition coefficient (Wildman–Crippen LogP) is 5.21. The van der Waals surface area contributed by atoms with Crippen molar-refractivity contribution in [2.75, 3.05) is 0 Å². The second-order valence-corrected chi connectivity index (χ2v) is 5.83. The molecule has 1 aromatic heterocycles. The Kier molecular flexibility index (Phi) is 4.01. The Labute approximate surface area is 144 Å². The van der Waals surface area contributed by atoms with E-state index in [9.17, 15) is 27.1 Å². The van der Waals surface area contributed by atoms with E-state index in [0.717, 1.165) is 4.57 Å². The summed E-state index contributed by atoms with van der Waals surface area (Å²) in [6.07, 6.45) is -8.00. The number of fused-ring (bicyclic) bond motifs is 1. The summed E-state index contributed by atoms with van der Waals surface area (Å²) in [5.74, 6) is -3.66. The van der Waals surface area contributed by atoms with E-state index in [1.807, 2.05) is 0 Å². The van der Waals surface area contributed by atoms with Crippen LogP contribution in [0.5, 0.6) is 0 Å².